The van der Waals surface area contributed by atoms with Gasteiger partial charge in [0.05, 0.1) is 0 Å². The third-order valence-corrected chi connectivity index (χ3v) is 16.5. The zero-order valence-electron chi connectivity index (χ0n) is 5.51. The van der Waals surface area contributed by atoms with Crippen LogP contribution in [0.25, 0.3) is 0 Å². The van der Waals surface area contributed by atoms with Crippen molar-refractivity contribution in [2.75, 3.05) is 0 Å². The van der Waals surface area contributed by atoms with Crippen LogP contribution in [0.5, 0.6) is 0 Å². The topological polar surface area (TPSA) is 27.7 Å². The highest BCUT2D eigenvalue weighted by Crippen LogP contribution is 1.78. The van der Waals surface area contributed by atoms with Crippen molar-refractivity contribution >= 4 is 54.0 Å². The summed E-state index contributed by atoms with van der Waals surface area (Å²) in [5.41, 5.74) is 0. The van der Waals surface area contributed by atoms with Crippen LogP contribution in [-0.4, -0.2) is 54.0 Å². The van der Waals surface area contributed by atoms with Crippen LogP contribution in [0.1, 0.15) is 0 Å². The second kappa shape index (κ2) is 6.40. The van der Waals surface area contributed by atoms with Crippen molar-refractivity contribution in [3.63, 3.8) is 0 Å². The molecule has 0 aliphatic heterocycles. The lowest BCUT2D eigenvalue weighted by Crippen LogP contribution is -2.30. The summed E-state index contributed by atoms with van der Waals surface area (Å²) in [4.78, 5) is 0. The van der Waals surface area contributed by atoms with Gasteiger partial charge in [0, 0.05) is 0 Å². The van der Waals surface area contributed by atoms with E-state index in [4.69, 9.17) is 11.1 Å². The van der Waals surface area contributed by atoms with Gasteiger partial charge in [0.2, 0.25) is 0 Å². The highest BCUT2D eigenvalue weighted by atomic mass is 28.8. The van der Waals surface area contributed by atoms with E-state index in [1.165, 1.54) is 0 Å². The summed E-state index contributed by atoms with van der Waals surface area (Å²) >= 11 is -1.12. The highest BCUT2D eigenvalue weighted by molar-refractivity contribution is 7.05. The standard InChI is InChI=1S/Al.H5OSi2.2H3OSi/c;2-1-3;2*1-2/h;2H2,3H3;2*2H3/q+2;;2*-1. The first kappa shape index (κ1) is 9.28. The zero-order valence-corrected chi connectivity index (χ0v) is 14.1. The van der Waals surface area contributed by atoms with Crippen LogP contribution < -0.4 is 0 Å². The highest BCUT2D eigenvalue weighted by Gasteiger charge is 2.19. The van der Waals surface area contributed by atoms with Crippen molar-refractivity contribution < 1.29 is 11.1 Å². The van der Waals surface area contributed by atoms with Gasteiger partial charge in [0.1, 0.15) is 31.5 Å². The second-order valence-electron chi connectivity index (χ2n) is 1.36. The maximum atomic E-state index is 5.19. The molecule has 0 spiro atoms. The SMILES string of the molecule is [SiH3]O[SiH2][Al]([O][SiH3])[O][SiH3]. The molecule has 0 radical (unpaired) electrons. The largest absolute Gasteiger partial charge is 0.649 e. The fourth-order valence-corrected chi connectivity index (χ4v) is 9.95. The zero-order chi connectivity index (χ0) is 6.41. The molecule has 0 aromatic heterocycles. The lowest BCUT2D eigenvalue weighted by molar-refractivity contribution is 0.488. The fraction of sp³-hybridized carbons (Fsp3) is 0. The fourth-order valence-electron chi connectivity index (χ4n) is 0.368. The molecule has 0 saturated carbocycles. The molecular formula is H11AlO3Si4. The normalized spacial score (nSPS) is 12.0. The molecule has 0 heterocycles. The first-order valence-corrected chi connectivity index (χ1v) is 9.63. The number of rotatable bonds is 4. The molecule has 48 valence electrons. The molecule has 0 aliphatic carbocycles. The first-order chi connectivity index (χ1) is 3.85. The molecule has 3 nitrogen and oxygen atoms in total. The van der Waals surface area contributed by atoms with Crippen LogP contribution >= 0.6 is 0 Å². The van der Waals surface area contributed by atoms with Crippen LogP contribution in [0.3, 0.4) is 0 Å². The molecule has 0 N–H and O–H groups in total. The van der Waals surface area contributed by atoms with Gasteiger partial charge in [-0.3, -0.25) is 0 Å². The first-order valence-electron chi connectivity index (χ1n) is 2.39. The third-order valence-electron chi connectivity index (χ3n) is 0.829. The summed E-state index contributed by atoms with van der Waals surface area (Å²) in [7, 11) is 2.17. The molecule has 0 aliphatic rings. The lowest BCUT2D eigenvalue weighted by Gasteiger charge is -2.04. The Morgan fingerprint density at radius 2 is 1.62 bits per heavy atom. The minimum Gasteiger partial charge on any atom is -0.532 e. The van der Waals surface area contributed by atoms with E-state index < -0.39 is 14.2 Å². The molecule has 0 unspecified atom stereocenters. The Balaban J connectivity index is 3.07. The molecule has 0 atom stereocenters. The van der Waals surface area contributed by atoms with E-state index in [-0.39, 0.29) is 8.32 Å². The molecule has 0 amide bonds. The summed E-state index contributed by atoms with van der Waals surface area (Å²) in [6.45, 7) is 0. The molecule has 0 rings (SSSR count). The van der Waals surface area contributed by atoms with Crippen LogP contribution in [0.4, 0.5) is 0 Å². The maximum Gasteiger partial charge on any atom is 0.649 e. The van der Waals surface area contributed by atoms with Crippen LogP contribution in [0.15, 0.2) is 0 Å². The summed E-state index contributed by atoms with van der Waals surface area (Å²) < 4.78 is 15.5. The Labute approximate surface area is 65.1 Å². The summed E-state index contributed by atoms with van der Waals surface area (Å²) in [5, 5.41) is 0. The van der Waals surface area contributed by atoms with Crippen molar-refractivity contribution in [3.05, 3.63) is 0 Å². The molecule has 0 fully saturated rings. The van der Waals surface area contributed by atoms with Crippen molar-refractivity contribution in [1.82, 2.24) is 0 Å². The van der Waals surface area contributed by atoms with Gasteiger partial charge in [-0.15, -0.1) is 0 Å². The minimum absolute atomic E-state index is 0.339. The molecule has 8 heteroatoms. The van der Waals surface area contributed by atoms with Crippen LogP contribution in [0.2, 0.25) is 0 Å². The summed E-state index contributed by atoms with van der Waals surface area (Å²) in [5.74, 6) is 0. The van der Waals surface area contributed by atoms with Gasteiger partial charge in [-0.2, -0.15) is 0 Å². The Morgan fingerprint density at radius 1 is 1.12 bits per heavy atom. The Bertz CT molecular complexity index is 46.5. The molecule has 0 aromatic carbocycles. The van der Waals surface area contributed by atoms with E-state index in [0.29, 0.717) is 0 Å². The van der Waals surface area contributed by atoms with E-state index >= 15 is 0 Å². The molecular weight excluding hydrogens is 187 g/mol. The average Bonchev–Trinajstić information content (AvgIpc) is 1.83. The Hall–Kier alpha value is 1.28. The van der Waals surface area contributed by atoms with Crippen molar-refractivity contribution in [1.29, 1.82) is 0 Å². The number of hydrogen-bond donors (Lipinski definition) is 0. The predicted molar refractivity (Wildman–Crippen MR) is 47.4 cm³/mol. The van der Waals surface area contributed by atoms with Gasteiger partial charge in [0.15, 0.2) is 8.32 Å². The van der Waals surface area contributed by atoms with E-state index in [1.54, 1.807) is 0 Å². The van der Waals surface area contributed by atoms with E-state index in [0.717, 1.165) is 31.5 Å². The number of hydrogen-bond acceptors (Lipinski definition) is 3. The van der Waals surface area contributed by atoms with Gasteiger partial charge in [0.25, 0.3) is 0 Å². The monoisotopic (exact) mass is 198 g/mol. The van der Waals surface area contributed by atoms with Gasteiger partial charge in [-0.1, -0.05) is 0 Å². The third kappa shape index (κ3) is 4.19. The lowest BCUT2D eigenvalue weighted by atomic mass is 15.7. The Morgan fingerprint density at radius 3 is 1.75 bits per heavy atom. The smallest absolute Gasteiger partial charge is 0.532 e. The maximum absolute atomic E-state index is 5.19. The van der Waals surface area contributed by atoms with Crippen LogP contribution in [0, 0.1) is 0 Å². The van der Waals surface area contributed by atoms with E-state index in [2.05, 4.69) is 0 Å². The summed E-state index contributed by atoms with van der Waals surface area (Å²) in [6, 6.07) is 0. The van der Waals surface area contributed by atoms with Crippen LogP contribution in [-0.2, 0) is 11.1 Å². The second-order valence-corrected chi connectivity index (χ2v) is 11.6. The van der Waals surface area contributed by atoms with Gasteiger partial charge in [-0.25, -0.2) is 0 Å². The average molecular weight is 198 g/mol. The Kier molecular flexibility index (Phi) is 7.42. The van der Waals surface area contributed by atoms with Crippen molar-refractivity contribution in [3.8, 4) is 0 Å². The minimum atomic E-state index is -1.12. The van der Waals surface area contributed by atoms with Gasteiger partial charge < -0.3 is 11.1 Å². The van der Waals surface area contributed by atoms with Gasteiger partial charge in [-0.05, 0) is 0 Å². The quantitative estimate of drug-likeness (QED) is 0.423. The summed E-state index contributed by atoms with van der Waals surface area (Å²) in [6.07, 6.45) is 0. The van der Waals surface area contributed by atoms with Crippen molar-refractivity contribution in [2.45, 2.75) is 0 Å². The predicted octanol–water partition coefficient (Wildman–Crippen LogP) is -5.05. The van der Waals surface area contributed by atoms with E-state index in [9.17, 15) is 0 Å². The molecule has 0 saturated heterocycles. The van der Waals surface area contributed by atoms with Crippen molar-refractivity contribution in [2.24, 2.45) is 0 Å². The molecule has 8 heavy (non-hydrogen) atoms. The van der Waals surface area contributed by atoms with Gasteiger partial charge >= 0.3 is 14.2 Å². The molecule has 0 bridgehead atoms. The molecule has 0 aromatic rings. The van der Waals surface area contributed by atoms with E-state index in [1.807, 2.05) is 0 Å².